The number of rotatable bonds is 5. The summed E-state index contributed by atoms with van der Waals surface area (Å²) in [6.45, 7) is 1.70. The lowest BCUT2D eigenvalue weighted by Gasteiger charge is -2.26. The first kappa shape index (κ1) is 20.9. The van der Waals surface area contributed by atoms with Crippen molar-refractivity contribution in [2.45, 2.75) is 31.5 Å². The third-order valence-corrected chi connectivity index (χ3v) is 5.72. The van der Waals surface area contributed by atoms with Gasteiger partial charge >= 0.3 is 12.2 Å². The summed E-state index contributed by atoms with van der Waals surface area (Å²) >= 11 is 0. The number of amides is 4. The molecule has 0 aromatic heterocycles. The Bertz CT molecular complexity index is 1060. The first-order valence-corrected chi connectivity index (χ1v) is 9.80. The number of urea groups is 1. The van der Waals surface area contributed by atoms with Gasteiger partial charge in [0, 0.05) is 5.56 Å². The molecule has 1 atom stereocenters. The second-order valence-corrected chi connectivity index (χ2v) is 7.96. The van der Waals surface area contributed by atoms with E-state index in [9.17, 15) is 27.6 Å². The van der Waals surface area contributed by atoms with E-state index in [1.807, 2.05) is 6.92 Å². The van der Waals surface area contributed by atoms with Gasteiger partial charge in [0.1, 0.15) is 5.54 Å². The van der Waals surface area contributed by atoms with Crippen LogP contribution >= 0.6 is 0 Å². The largest absolute Gasteiger partial charge is 0.416 e. The van der Waals surface area contributed by atoms with Crippen LogP contribution in [0.4, 0.5) is 18.0 Å². The minimum atomic E-state index is -4.56. The molecule has 0 unspecified atom stereocenters. The Morgan fingerprint density at radius 1 is 1.13 bits per heavy atom. The van der Waals surface area contributed by atoms with Gasteiger partial charge in [0.15, 0.2) is 0 Å². The molecule has 2 aliphatic rings. The quantitative estimate of drug-likeness (QED) is 0.635. The lowest BCUT2D eigenvalue weighted by atomic mass is 9.92. The molecule has 2 aromatic rings. The number of imide groups is 1. The van der Waals surface area contributed by atoms with E-state index in [2.05, 4.69) is 16.0 Å². The summed E-state index contributed by atoms with van der Waals surface area (Å²) in [7, 11) is 0. The van der Waals surface area contributed by atoms with Gasteiger partial charge < -0.3 is 10.6 Å². The minimum absolute atomic E-state index is 0.0486. The number of carbonyl (C=O) groups excluding carboxylic acids is 3. The Hall–Kier alpha value is -3.36. The fourth-order valence-corrected chi connectivity index (χ4v) is 3.84. The highest BCUT2D eigenvalue weighted by Crippen LogP contribution is 2.41. The fraction of sp³-hybridized carbons (Fsp3) is 0.318. The predicted octanol–water partition coefficient (Wildman–Crippen LogP) is 3.40. The highest BCUT2D eigenvalue weighted by molar-refractivity contribution is 6.08. The number of nitrogens with one attached hydrogen (secondary N) is 3. The standard InChI is InChI=1S/C22H20F3N3O3/c1-12-2-4-13(5-3-12)17-10-15(22(23,24)25)8-9-16(17)18(29)26-11-21(14-6-7-14)19(30)27-20(31)28-21/h2-5,8-10,14H,6-7,11H2,1H3,(H,26,29)(H2,27,28,30,31)/t21-/m0/s1. The van der Waals surface area contributed by atoms with Crippen molar-refractivity contribution in [3.05, 3.63) is 59.2 Å². The number of carbonyl (C=O) groups is 3. The monoisotopic (exact) mass is 431 g/mol. The maximum atomic E-state index is 13.3. The summed E-state index contributed by atoms with van der Waals surface area (Å²) in [5.74, 6) is -1.23. The van der Waals surface area contributed by atoms with Crippen LogP contribution in [0.1, 0.15) is 34.3 Å². The Labute approximate surface area is 176 Å². The van der Waals surface area contributed by atoms with Crippen LogP contribution < -0.4 is 16.0 Å². The van der Waals surface area contributed by atoms with Crippen LogP contribution in [0.2, 0.25) is 0 Å². The van der Waals surface area contributed by atoms with Crippen molar-refractivity contribution in [3.8, 4) is 11.1 Å². The molecule has 2 aromatic carbocycles. The number of alkyl halides is 3. The second kappa shape index (κ2) is 7.40. The molecule has 3 N–H and O–H groups in total. The van der Waals surface area contributed by atoms with Crippen molar-refractivity contribution in [3.63, 3.8) is 0 Å². The molecule has 162 valence electrons. The van der Waals surface area contributed by atoms with E-state index < -0.39 is 35.1 Å². The molecular weight excluding hydrogens is 411 g/mol. The minimum Gasteiger partial charge on any atom is -0.349 e. The number of hydrogen-bond acceptors (Lipinski definition) is 3. The van der Waals surface area contributed by atoms with Crippen molar-refractivity contribution in [2.24, 2.45) is 5.92 Å². The second-order valence-electron chi connectivity index (χ2n) is 7.96. The van der Waals surface area contributed by atoms with Crippen molar-refractivity contribution in [2.75, 3.05) is 6.54 Å². The van der Waals surface area contributed by atoms with Crippen molar-refractivity contribution < 1.29 is 27.6 Å². The van der Waals surface area contributed by atoms with Gasteiger partial charge in [-0.3, -0.25) is 14.9 Å². The molecule has 4 rings (SSSR count). The van der Waals surface area contributed by atoms with Crippen LogP contribution in [0.3, 0.4) is 0 Å². The maximum Gasteiger partial charge on any atom is 0.416 e. The molecule has 4 amide bonds. The average Bonchev–Trinajstić information content (AvgIpc) is 3.52. The maximum absolute atomic E-state index is 13.3. The van der Waals surface area contributed by atoms with E-state index in [0.717, 1.165) is 36.6 Å². The van der Waals surface area contributed by atoms with Crippen molar-refractivity contribution in [1.82, 2.24) is 16.0 Å². The highest BCUT2D eigenvalue weighted by atomic mass is 19.4. The Kier molecular flexibility index (Phi) is 4.99. The molecule has 0 radical (unpaired) electrons. The molecule has 2 fully saturated rings. The summed E-state index contributed by atoms with van der Waals surface area (Å²) in [5, 5.41) is 7.44. The van der Waals surface area contributed by atoms with Gasteiger partial charge in [0.25, 0.3) is 11.8 Å². The molecule has 1 saturated heterocycles. The highest BCUT2D eigenvalue weighted by Gasteiger charge is 2.56. The van der Waals surface area contributed by atoms with Crippen LogP contribution in [-0.2, 0) is 11.0 Å². The lowest BCUT2D eigenvalue weighted by molar-refractivity contribution is -0.137. The van der Waals surface area contributed by atoms with E-state index in [1.165, 1.54) is 0 Å². The van der Waals surface area contributed by atoms with E-state index in [4.69, 9.17) is 0 Å². The topological polar surface area (TPSA) is 87.3 Å². The molecule has 1 saturated carbocycles. The van der Waals surface area contributed by atoms with Crippen LogP contribution in [0.15, 0.2) is 42.5 Å². The Balaban J connectivity index is 1.65. The van der Waals surface area contributed by atoms with Gasteiger partial charge in [0.05, 0.1) is 12.1 Å². The number of aryl methyl sites for hydroxylation is 1. The average molecular weight is 431 g/mol. The van der Waals surface area contributed by atoms with E-state index in [1.54, 1.807) is 24.3 Å². The summed E-state index contributed by atoms with van der Waals surface area (Å²) in [6.07, 6.45) is -3.09. The zero-order chi connectivity index (χ0) is 22.4. The number of benzene rings is 2. The van der Waals surface area contributed by atoms with E-state index in [0.29, 0.717) is 5.56 Å². The van der Waals surface area contributed by atoms with Gasteiger partial charge in [-0.15, -0.1) is 0 Å². The van der Waals surface area contributed by atoms with Gasteiger partial charge in [-0.1, -0.05) is 29.8 Å². The molecule has 0 bridgehead atoms. The van der Waals surface area contributed by atoms with Crippen LogP contribution in [0.25, 0.3) is 11.1 Å². The molecule has 1 heterocycles. The van der Waals surface area contributed by atoms with Crippen molar-refractivity contribution >= 4 is 17.8 Å². The smallest absolute Gasteiger partial charge is 0.349 e. The number of halogens is 3. The third-order valence-electron chi connectivity index (χ3n) is 5.72. The van der Waals surface area contributed by atoms with Crippen LogP contribution in [-0.4, -0.2) is 29.9 Å². The third kappa shape index (κ3) is 3.99. The van der Waals surface area contributed by atoms with E-state index in [-0.39, 0.29) is 23.6 Å². The summed E-state index contributed by atoms with van der Waals surface area (Å²) in [4.78, 5) is 37.0. The first-order valence-electron chi connectivity index (χ1n) is 9.80. The first-order chi connectivity index (χ1) is 14.6. The van der Waals surface area contributed by atoms with Crippen LogP contribution in [0, 0.1) is 12.8 Å². The summed E-state index contributed by atoms with van der Waals surface area (Å²) < 4.78 is 39.8. The summed E-state index contributed by atoms with van der Waals surface area (Å²) in [6, 6.07) is 9.10. The molecule has 1 aliphatic carbocycles. The molecular formula is C22H20F3N3O3. The van der Waals surface area contributed by atoms with Gasteiger partial charge in [-0.25, -0.2) is 4.79 Å². The molecule has 0 spiro atoms. The number of hydrogen-bond donors (Lipinski definition) is 3. The van der Waals surface area contributed by atoms with Crippen molar-refractivity contribution in [1.29, 1.82) is 0 Å². The normalized spacial score (nSPS) is 20.9. The Morgan fingerprint density at radius 3 is 2.35 bits per heavy atom. The zero-order valence-corrected chi connectivity index (χ0v) is 16.6. The molecule has 31 heavy (non-hydrogen) atoms. The van der Waals surface area contributed by atoms with Gasteiger partial charge in [-0.05, 0) is 55.0 Å². The van der Waals surface area contributed by atoms with Gasteiger partial charge in [0.2, 0.25) is 0 Å². The summed E-state index contributed by atoms with van der Waals surface area (Å²) in [5.41, 5.74) is -0.527. The Morgan fingerprint density at radius 2 is 1.81 bits per heavy atom. The molecule has 9 heteroatoms. The van der Waals surface area contributed by atoms with Crippen LogP contribution in [0.5, 0.6) is 0 Å². The molecule has 6 nitrogen and oxygen atoms in total. The van der Waals surface area contributed by atoms with Gasteiger partial charge in [-0.2, -0.15) is 13.2 Å². The molecule has 1 aliphatic heterocycles. The predicted molar refractivity (Wildman–Crippen MR) is 106 cm³/mol. The lowest BCUT2D eigenvalue weighted by Crippen LogP contribution is -2.57. The zero-order valence-electron chi connectivity index (χ0n) is 16.6. The van der Waals surface area contributed by atoms with E-state index >= 15 is 0 Å². The fourth-order valence-electron chi connectivity index (χ4n) is 3.84. The SMILES string of the molecule is Cc1ccc(-c2cc(C(F)(F)F)ccc2C(=O)NC[C@@]2(C3CC3)NC(=O)NC2=O)cc1.